The van der Waals surface area contributed by atoms with E-state index in [1.165, 1.54) is 6.92 Å². The molecule has 6 nitrogen and oxygen atoms in total. The zero-order valence-corrected chi connectivity index (χ0v) is 14.3. The van der Waals surface area contributed by atoms with Gasteiger partial charge in [-0.25, -0.2) is 0 Å². The second-order valence-electron chi connectivity index (χ2n) is 8.13. The van der Waals surface area contributed by atoms with Crippen molar-refractivity contribution in [2.24, 2.45) is 22.9 Å². The highest BCUT2D eigenvalue weighted by Gasteiger charge is 2.64. The fraction of sp³-hybridized carbons (Fsp3) is 0.632. The summed E-state index contributed by atoms with van der Waals surface area (Å²) in [5.41, 5.74) is 8.49. The molecule has 6 atom stereocenters. The molecule has 4 aliphatic carbocycles. The molecule has 4 saturated carbocycles. The SMILES string of the molecule is CC(=O)OC(c1ccccc1)[C@@H]1[C@@H]2C[C@H]3C[C@@](N=[N+]=[N-])(C2)C[C@]1(O)C3. The van der Waals surface area contributed by atoms with E-state index in [2.05, 4.69) is 10.0 Å². The molecule has 1 aromatic rings. The van der Waals surface area contributed by atoms with Crippen LogP contribution in [0.15, 0.2) is 35.4 Å². The molecule has 1 aromatic carbocycles. The van der Waals surface area contributed by atoms with Crippen LogP contribution in [0.5, 0.6) is 0 Å². The Kier molecular flexibility index (Phi) is 3.78. The fourth-order valence-corrected chi connectivity index (χ4v) is 6.02. The van der Waals surface area contributed by atoms with Crippen molar-refractivity contribution in [3.63, 3.8) is 0 Å². The van der Waals surface area contributed by atoms with Gasteiger partial charge in [0.25, 0.3) is 0 Å². The number of ether oxygens (including phenoxy) is 1. The summed E-state index contributed by atoms with van der Waals surface area (Å²) in [5.74, 6) is 0.0858. The number of azide groups is 1. The average Bonchev–Trinajstić information content (AvgIpc) is 2.52. The third kappa shape index (κ3) is 2.70. The normalized spacial score (nSPS) is 39.5. The lowest BCUT2D eigenvalue weighted by Crippen LogP contribution is -2.64. The van der Waals surface area contributed by atoms with Crippen molar-refractivity contribution in [2.45, 2.75) is 56.3 Å². The molecular weight excluding hydrogens is 318 g/mol. The first-order valence-corrected chi connectivity index (χ1v) is 8.95. The van der Waals surface area contributed by atoms with E-state index in [1.807, 2.05) is 30.3 Å². The van der Waals surface area contributed by atoms with E-state index in [-0.39, 0.29) is 17.8 Å². The van der Waals surface area contributed by atoms with E-state index in [0.717, 1.165) is 24.8 Å². The lowest BCUT2D eigenvalue weighted by molar-refractivity contribution is -0.215. The summed E-state index contributed by atoms with van der Waals surface area (Å²) in [6, 6.07) is 9.67. The Balaban J connectivity index is 1.74. The maximum Gasteiger partial charge on any atom is 0.303 e. The Morgan fingerprint density at radius 3 is 2.76 bits per heavy atom. The summed E-state index contributed by atoms with van der Waals surface area (Å²) in [6.07, 6.45) is 3.34. The maximum atomic E-state index is 11.8. The predicted octanol–water partition coefficient (Wildman–Crippen LogP) is 3.91. The van der Waals surface area contributed by atoms with Gasteiger partial charge in [0.2, 0.25) is 0 Å². The van der Waals surface area contributed by atoms with E-state index in [9.17, 15) is 9.90 Å². The van der Waals surface area contributed by atoms with Crippen LogP contribution in [0.1, 0.15) is 50.7 Å². The van der Waals surface area contributed by atoms with Crippen LogP contribution in [0.25, 0.3) is 10.4 Å². The summed E-state index contributed by atoms with van der Waals surface area (Å²) in [7, 11) is 0. The Bertz CT molecular complexity index is 733. The number of carbonyl (C=O) groups is 1. The molecule has 0 aromatic heterocycles. The zero-order valence-electron chi connectivity index (χ0n) is 14.3. The first kappa shape index (κ1) is 16.4. The number of benzene rings is 1. The molecule has 25 heavy (non-hydrogen) atoms. The first-order valence-electron chi connectivity index (χ1n) is 8.95. The Morgan fingerprint density at radius 1 is 1.36 bits per heavy atom. The number of aliphatic hydroxyl groups is 1. The van der Waals surface area contributed by atoms with E-state index >= 15 is 0 Å². The second kappa shape index (κ2) is 5.75. The second-order valence-corrected chi connectivity index (χ2v) is 8.13. The lowest BCUT2D eigenvalue weighted by Gasteiger charge is -2.63. The molecule has 1 N–H and O–H groups in total. The third-order valence-electron chi connectivity index (χ3n) is 6.36. The van der Waals surface area contributed by atoms with E-state index in [1.54, 1.807) is 0 Å². The van der Waals surface area contributed by atoms with Crippen LogP contribution in [0.3, 0.4) is 0 Å². The zero-order chi connectivity index (χ0) is 17.7. The molecule has 132 valence electrons. The minimum Gasteiger partial charge on any atom is -0.457 e. The van der Waals surface area contributed by atoms with E-state index < -0.39 is 17.2 Å². The summed E-state index contributed by atoms with van der Waals surface area (Å²) < 4.78 is 5.72. The molecule has 0 saturated heterocycles. The van der Waals surface area contributed by atoms with Crippen LogP contribution in [-0.2, 0) is 9.53 Å². The minimum absolute atomic E-state index is 0.155. The Hall–Kier alpha value is -2.04. The predicted molar refractivity (Wildman–Crippen MR) is 91.3 cm³/mol. The van der Waals surface area contributed by atoms with Crippen molar-refractivity contribution < 1.29 is 14.6 Å². The molecule has 4 bridgehead atoms. The van der Waals surface area contributed by atoms with Gasteiger partial charge in [-0.2, -0.15) is 0 Å². The van der Waals surface area contributed by atoms with Crippen LogP contribution in [-0.4, -0.2) is 22.2 Å². The molecule has 6 heteroatoms. The molecule has 0 aliphatic heterocycles. The molecule has 0 heterocycles. The van der Waals surface area contributed by atoms with Gasteiger partial charge in [-0.05, 0) is 55.0 Å². The fourth-order valence-electron chi connectivity index (χ4n) is 6.02. The minimum atomic E-state index is -0.950. The quantitative estimate of drug-likeness (QED) is 0.389. The average molecular weight is 341 g/mol. The number of esters is 1. The van der Waals surface area contributed by atoms with Crippen LogP contribution >= 0.6 is 0 Å². The monoisotopic (exact) mass is 341 g/mol. The third-order valence-corrected chi connectivity index (χ3v) is 6.36. The number of carbonyl (C=O) groups excluding carboxylic acids is 1. The molecule has 1 unspecified atom stereocenters. The van der Waals surface area contributed by atoms with Gasteiger partial charge in [0, 0.05) is 17.8 Å². The summed E-state index contributed by atoms with van der Waals surface area (Å²) in [5, 5.41) is 15.6. The number of nitrogens with zero attached hydrogens (tertiary/aromatic N) is 3. The van der Waals surface area contributed by atoms with Gasteiger partial charge in [0.05, 0.1) is 11.1 Å². The van der Waals surface area contributed by atoms with Crippen LogP contribution < -0.4 is 0 Å². The smallest absolute Gasteiger partial charge is 0.303 e. The van der Waals surface area contributed by atoms with Gasteiger partial charge in [0.15, 0.2) is 0 Å². The standard InChI is InChI=1S/C19H23N3O3/c1-12(23)25-17(14-5-3-2-4-6-14)16-15-7-13-8-18(10-15,21-22-20)11-19(16,24)9-13/h2-6,13,15-17,24H,7-11H2,1H3/t13-,15+,16-,17?,18+,19+/m0/s1. The Morgan fingerprint density at radius 2 is 2.12 bits per heavy atom. The molecule has 0 radical (unpaired) electrons. The number of hydrogen-bond acceptors (Lipinski definition) is 4. The van der Waals surface area contributed by atoms with Crippen molar-refractivity contribution in [1.29, 1.82) is 0 Å². The van der Waals surface area contributed by atoms with Gasteiger partial charge in [-0.1, -0.05) is 35.4 Å². The molecule has 0 spiro atoms. The number of hydrogen-bond donors (Lipinski definition) is 1. The molecule has 4 aliphatic rings. The molecular formula is C19H23N3O3. The van der Waals surface area contributed by atoms with Gasteiger partial charge in [-0.15, -0.1) is 0 Å². The van der Waals surface area contributed by atoms with Gasteiger partial charge >= 0.3 is 5.97 Å². The van der Waals surface area contributed by atoms with E-state index in [0.29, 0.717) is 18.8 Å². The highest BCUT2D eigenvalue weighted by Crippen LogP contribution is 2.64. The maximum absolute atomic E-state index is 11.8. The Labute approximate surface area is 146 Å². The van der Waals surface area contributed by atoms with Gasteiger partial charge < -0.3 is 9.84 Å². The lowest BCUT2D eigenvalue weighted by atomic mass is 9.46. The van der Waals surface area contributed by atoms with Crippen LogP contribution in [0.2, 0.25) is 0 Å². The summed E-state index contributed by atoms with van der Waals surface area (Å²) in [6.45, 7) is 1.41. The topological polar surface area (TPSA) is 95.3 Å². The molecule has 4 fully saturated rings. The summed E-state index contributed by atoms with van der Waals surface area (Å²) >= 11 is 0. The van der Waals surface area contributed by atoms with Gasteiger partial charge in [-0.3, -0.25) is 4.79 Å². The first-order chi connectivity index (χ1) is 11.9. The van der Waals surface area contributed by atoms with Crippen molar-refractivity contribution in [3.05, 3.63) is 46.3 Å². The van der Waals surface area contributed by atoms with Crippen molar-refractivity contribution >= 4 is 5.97 Å². The molecule has 0 amide bonds. The largest absolute Gasteiger partial charge is 0.457 e. The van der Waals surface area contributed by atoms with Crippen molar-refractivity contribution in [1.82, 2.24) is 0 Å². The van der Waals surface area contributed by atoms with Crippen molar-refractivity contribution in [3.8, 4) is 0 Å². The van der Waals surface area contributed by atoms with Gasteiger partial charge in [0.1, 0.15) is 6.10 Å². The van der Waals surface area contributed by atoms with Crippen LogP contribution in [0.4, 0.5) is 0 Å². The van der Waals surface area contributed by atoms with Crippen molar-refractivity contribution in [2.75, 3.05) is 0 Å². The highest BCUT2D eigenvalue weighted by atomic mass is 16.5. The number of rotatable bonds is 4. The molecule has 5 rings (SSSR count). The van der Waals surface area contributed by atoms with E-state index in [4.69, 9.17) is 10.3 Å². The highest BCUT2D eigenvalue weighted by molar-refractivity contribution is 5.66. The summed E-state index contributed by atoms with van der Waals surface area (Å²) in [4.78, 5) is 14.8. The van der Waals surface area contributed by atoms with Crippen LogP contribution in [0, 0.1) is 17.8 Å².